The van der Waals surface area contributed by atoms with Crippen molar-refractivity contribution in [3.63, 3.8) is 0 Å². The number of rotatable bonds is 5. The predicted molar refractivity (Wildman–Crippen MR) is 125 cm³/mol. The van der Waals surface area contributed by atoms with E-state index in [1.807, 2.05) is 40.9 Å². The van der Waals surface area contributed by atoms with Crippen LogP contribution in [-0.2, 0) is 5.75 Å². The lowest BCUT2D eigenvalue weighted by Crippen LogP contribution is -2.49. The molecule has 0 radical (unpaired) electrons. The van der Waals surface area contributed by atoms with Gasteiger partial charge in [0.15, 0.2) is 5.76 Å². The summed E-state index contributed by atoms with van der Waals surface area (Å²) in [7, 11) is 0. The fraction of sp³-hybridized carbons (Fsp3) is 0.458. The van der Waals surface area contributed by atoms with Crippen LogP contribution in [0.5, 0.6) is 0 Å². The zero-order chi connectivity index (χ0) is 21.0. The maximum Gasteiger partial charge on any atom is 0.290 e. The van der Waals surface area contributed by atoms with E-state index in [0.717, 1.165) is 41.3 Å². The van der Waals surface area contributed by atoms with Crippen LogP contribution in [0.1, 0.15) is 48.2 Å². The van der Waals surface area contributed by atoms with E-state index in [9.17, 15) is 4.79 Å². The molecule has 1 saturated heterocycles. The summed E-state index contributed by atoms with van der Waals surface area (Å²) in [5.74, 6) is 2.08. The van der Waals surface area contributed by atoms with Gasteiger partial charge in [0.05, 0.1) is 0 Å². The fourth-order valence-electron chi connectivity index (χ4n) is 4.56. The molecule has 7 heteroatoms. The minimum absolute atomic E-state index is 0.00377. The Balaban J connectivity index is 1.32. The Morgan fingerprint density at radius 3 is 2.52 bits per heavy atom. The number of amides is 1. The normalized spacial score (nSPS) is 17.9. The van der Waals surface area contributed by atoms with Crippen molar-refractivity contribution in [2.24, 2.45) is 0 Å². The number of thioether (sulfide) groups is 1. The zero-order valence-electron chi connectivity index (χ0n) is 17.7. The van der Waals surface area contributed by atoms with E-state index >= 15 is 0 Å². The third-order valence-electron chi connectivity index (χ3n) is 6.31. The lowest BCUT2D eigenvalue weighted by Gasteiger charge is -2.34. The number of furan rings is 1. The molecule has 3 heterocycles. The summed E-state index contributed by atoms with van der Waals surface area (Å²) in [5, 5.41) is 1.77. The van der Waals surface area contributed by atoms with E-state index in [0.29, 0.717) is 24.1 Å². The van der Waals surface area contributed by atoms with Crippen molar-refractivity contribution in [3.8, 4) is 0 Å². The second kappa shape index (κ2) is 9.30. The molecule has 6 nitrogen and oxygen atoms in total. The Morgan fingerprint density at radius 1 is 1.00 bits per heavy atom. The first kappa shape index (κ1) is 20.4. The number of carbonyl (C=O) groups excluding carboxylic acids is 1. The summed E-state index contributed by atoms with van der Waals surface area (Å²) in [5.41, 5.74) is 1.87. The number of benzene rings is 1. The van der Waals surface area contributed by atoms with Gasteiger partial charge in [0, 0.05) is 60.5 Å². The molecule has 1 amide bonds. The molecule has 0 atom stereocenters. The number of aromatic nitrogens is 2. The molecular formula is C24H28N4O2S. The van der Waals surface area contributed by atoms with Crippen LogP contribution in [0.2, 0.25) is 0 Å². The Labute approximate surface area is 187 Å². The quantitative estimate of drug-likeness (QED) is 0.575. The van der Waals surface area contributed by atoms with Crippen LogP contribution in [0.15, 0.2) is 47.1 Å². The molecule has 162 valence electrons. The van der Waals surface area contributed by atoms with E-state index in [-0.39, 0.29) is 5.91 Å². The van der Waals surface area contributed by atoms with Gasteiger partial charge in [-0.15, -0.1) is 0 Å². The predicted octanol–water partition coefficient (Wildman–Crippen LogP) is 4.75. The van der Waals surface area contributed by atoms with Gasteiger partial charge in [0.1, 0.15) is 5.58 Å². The Bertz CT molecular complexity index is 1020. The Kier molecular flexibility index (Phi) is 6.11. The fourth-order valence-corrected chi connectivity index (χ4v) is 5.91. The molecule has 1 saturated carbocycles. The highest BCUT2D eigenvalue weighted by Gasteiger charge is 2.29. The summed E-state index contributed by atoms with van der Waals surface area (Å²) >= 11 is 1.99. The second-order valence-electron chi connectivity index (χ2n) is 8.30. The number of hydrogen-bond acceptors (Lipinski definition) is 6. The largest absolute Gasteiger partial charge is 0.451 e. The molecule has 0 unspecified atom stereocenters. The third kappa shape index (κ3) is 4.42. The van der Waals surface area contributed by atoms with Crippen LogP contribution in [0, 0.1) is 0 Å². The van der Waals surface area contributed by atoms with Crippen LogP contribution in [0.4, 0.5) is 5.95 Å². The van der Waals surface area contributed by atoms with Crippen LogP contribution >= 0.6 is 11.8 Å². The van der Waals surface area contributed by atoms with E-state index in [1.54, 1.807) is 12.4 Å². The topological polar surface area (TPSA) is 62.5 Å². The maximum atomic E-state index is 13.5. The average Bonchev–Trinajstić information content (AvgIpc) is 3.22. The summed E-state index contributed by atoms with van der Waals surface area (Å²) in [6.45, 7) is 2.73. The van der Waals surface area contributed by atoms with E-state index < -0.39 is 0 Å². The zero-order valence-corrected chi connectivity index (χ0v) is 18.5. The molecule has 31 heavy (non-hydrogen) atoms. The second-order valence-corrected chi connectivity index (χ2v) is 9.59. The van der Waals surface area contributed by atoms with E-state index in [4.69, 9.17) is 4.42 Å². The molecule has 5 rings (SSSR count). The van der Waals surface area contributed by atoms with Gasteiger partial charge in [-0.25, -0.2) is 9.97 Å². The highest BCUT2D eigenvalue weighted by molar-refractivity contribution is 7.99. The van der Waals surface area contributed by atoms with Crippen LogP contribution in [0.3, 0.4) is 0 Å². The first-order chi connectivity index (χ1) is 15.3. The molecule has 2 aliphatic rings. The minimum atomic E-state index is 0.00377. The van der Waals surface area contributed by atoms with Crippen molar-refractivity contribution in [2.45, 2.75) is 43.1 Å². The van der Waals surface area contributed by atoms with Crippen molar-refractivity contribution < 1.29 is 9.21 Å². The van der Waals surface area contributed by atoms with E-state index in [1.165, 1.54) is 32.1 Å². The number of nitrogens with zero attached hydrogens (tertiary/aromatic N) is 4. The third-order valence-corrected chi connectivity index (χ3v) is 7.71. The molecule has 2 aromatic heterocycles. The molecule has 2 fully saturated rings. The highest BCUT2D eigenvalue weighted by atomic mass is 32.2. The molecule has 3 aromatic rings. The van der Waals surface area contributed by atoms with Crippen molar-refractivity contribution in [3.05, 3.63) is 54.0 Å². The molecule has 1 aliphatic heterocycles. The molecule has 1 aromatic carbocycles. The smallest absolute Gasteiger partial charge is 0.290 e. The van der Waals surface area contributed by atoms with E-state index in [2.05, 4.69) is 20.9 Å². The van der Waals surface area contributed by atoms with Gasteiger partial charge >= 0.3 is 0 Å². The number of anilines is 1. The first-order valence-electron chi connectivity index (χ1n) is 11.2. The van der Waals surface area contributed by atoms with Gasteiger partial charge in [-0.3, -0.25) is 4.79 Å². The van der Waals surface area contributed by atoms with Crippen LogP contribution in [-0.4, -0.2) is 52.2 Å². The van der Waals surface area contributed by atoms with Crippen molar-refractivity contribution in [1.29, 1.82) is 0 Å². The summed E-state index contributed by atoms with van der Waals surface area (Å²) in [4.78, 5) is 26.2. The standard InChI is InChI=1S/C24H28N4O2S/c29-23(27-13-15-28(16-14-27)24-25-11-6-12-26-24)22-20(17-31-18-7-2-1-3-8-18)19-9-4-5-10-21(19)30-22/h4-6,9-12,18H,1-3,7-8,13-17H2. The summed E-state index contributed by atoms with van der Waals surface area (Å²) in [6.07, 6.45) is 10.1. The van der Waals surface area contributed by atoms with Crippen LogP contribution in [0.25, 0.3) is 11.0 Å². The average molecular weight is 437 g/mol. The first-order valence-corrected chi connectivity index (χ1v) is 12.3. The van der Waals surface area contributed by atoms with Gasteiger partial charge < -0.3 is 14.2 Å². The van der Waals surface area contributed by atoms with Gasteiger partial charge in [0.2, 0.25) is 5.95 Å². The summed E-state index contributed by atoms with van der Waals surface area (Å²) in [6, 6.07) is 9.86. The lowest BCUT2D eigenvalue weighted by atomic mass is 10.0. The van der Waals surface area contributed by atoms with Crippen molar-refractivity contribution in [2.75, 3.05) is 31.1 Å². The monoisotopic (exact) mass is 436 g/mol. The number of carbonyl (C=O) groups is 1. The van der Waals surface area contributed by atoms with Crippen molar-refractivity contribution >= 4 is 34.6 Å². The van der Waals surface area contributed by atoms with Gasteiger partial charge in [-0.05, 0) is 25.0 Å². The molecule has 0 N–H and O–H groups in total. The van der Waals surface area contributed by atoms with Gasteiger partial charge in [0.25, 0.3) is 5.91 Å². The van der Waals surface area contributed by atoms with Crippen LogP contribution < -0.4 is 4.90 Å². The van der Waals surface area contributed by atoms with Crippen molar-refractivity contribution in [1.82, 2.24) is 14.9 Å². The number of para-hydroxylation sites is 1. The Morgan fingerprint density at radius 2 is 1.74 bits per heavy atom. The molecule has 1 aliphatic carbocycles. The summed E-state index contributed by atoms with van der Waals surface area (Å²) < 4.78 is 6.12. The van der Waals surface area contributed by atoms with Gasteiger partial charge in [-0.1, -0.05) is 37.5 Å². The molecule has 0 spiro atoms. The van der Waals surface area contributed by atoms with Gasteiger partial charge in [-0.2, -0.15) is 11.8 Å². The SMILES string of the molecule is O=C(c1oc2ccccc2c1CSC1CCCCC1)N1CCN(c2ncccn2)CC1. The number of fused-ring (bicyclic) bond motifs is 1. The Hall–Kier alpha value is -2.54. The minimum Gasteiger partial charge on any atom is -0.451 e. The lowest BCUT2D eigenvalue weighted by molar-refractivity contribution is 0.0715. The number of hydrogen-bond donors (Lipinski definition) is 0. The highest BCUT2D eigenvalue weighted by Crippen LogP contribution is 2.35. The number of piperazine rings is 1. The molecule has 0 bridgehead atoms. The molecular weight excluding hydrogens is 408 g/mol. The maximum absolute atomic E-state index is 13.5.